The zero-order chi connectivity index (χ0) is 17.4. The first kappa shape index (κ1) is 15.8. The van der Waals surface area contributed by atoms with Crippen molar-refractivity contribution in [3.8, 4) is 11.4 Å². The lowest BCUT2D eigenvalue weighted by Gasteiger charge is -2.11. The minimum absolute atomic E-state index is 0.0205. The van der Waals surface area contributed by atoms with Gasteiger partial charge in [-0.15, -0.1) is 16.9 Å². The van der Waals surface area contributed by atoms with Crippen LogP contribution in [-0.2, 0) is 18.3 Å². The lowest BCUT2D eigenvalue weighted by molar-refractivity contribution is -0.115. The Hall–Kier alpha value is -2.67. The largest absolute Gasteiger partial charge is 0.325 e. The molecule has 1 aliphatic heterocycles. The Kier molecular flexibility index (Phi) is 4.01. The van der Waals surface area contributed by atoms with Gasteiger partial charge in [0.1, 0.15) is 0 Å². The van der Waals surface area contributed by atoms with Gasteiger partial charge in [-0.05, 0) is 47.5 Å². The van der Waals surface area contributed by atoms with Crippen LogP contribution in [0.15, 0.2) is 47.4 Å². The summed E-state index contributed by atoms with van der Waals surface area (Å²) in [5, 5.41) is 14.4. The van der Waals surface area contributed by atoms with Crippen LogP contribution in [0.4, 0.5) is 5.69 Å². The first-order chi connectivity index (χ1) is 12.1. The number of carbonyl (C=O) groups excluding carboxylic acids is 1. The van der Waals surface area contributed by atoms with Crippen molar-refractivity contribution < 1.29 is 4.79 Å². The van der Waals surface area contributed by atoms with E-state index in [0.717, 1.165) is 17.7 Å². The van der Waals surface area contributed by atoms with E-state index in [1.165, 1.54) is 16.0 Å². The molecule has 6 nitrogen and oxygen atoms in total. The Morgan fingerprint density at radius 3 is 2.96 bits per heavy atom. The van der Waals surface area contributed by atoms with E-state index in [1.807, 2.05) is 24.3 Å². The molecule has 1 N–H and O–H groups in total. The highest BCUT2D eigenvalue weighted by atomic mass is 32.2. The van der Waals surface area contributed by atoms with Gasteiger partial charge in [0, 0.05) is 23.2 Å². The number of aromatic nitrogens is 4. The number of hydrogen-bond donors (Lipinski definition) is 1. The molecule has 2 heterocycles. The standard InChI is InChI=1S/C18H17N5OS/c1-11-6-7-12-10-16(25-15(12)8-11)18(24)19-14-5-3-4-13(9-14)17-20-21-22-23(17)2/h3-9,16H,10H2,1-2H3,(H,19,24). The molecule has 0 radical (unpaired) electrons. The van der Waals surface area contributed by atoms with E-state index in [4.69, 9.17) is 0 Å². The highest BCUT2D eigenvalue weighted by molar-refractivity contribution is 8.01. The quantitative estimate of drug-likeness (QED) is 0.785. The van der Waals surface area contributed by atoms with Crippen LogP contribution in [0.3, 0.4) is 0 Å². The number of nitrogens with one attached hydrogen (secondary N) is 1. The number of carbonyl (C=O) groups is 1. The predicted octanol–water partition coefficient (Wildman–Crippen LogP) is 2.84. The van der Waals surface area contributed by atoms with Gasteiger partial charge >= 0.3 is 0 Å². The van der Waals surface area contributed by atoms with Gasteiger partial charge in [-0.3, -0.25) is 4.79 Å². The molecule has 126 valence electrons. The van der Waals surface area contributed by atoms with Crippen molar-refractivity contribution in [1.82, 2.24) is 20.2 Å². The van der Waals surface area contributed by atoms with Crippen molar-refractivity contribution in [1.29, 1.82) is 0 Å². The molecule has 25 heavy (non-hydrogen) atoms. The van der Waals surface area contributed by atoms with E-state index < -0.39 is 0 Å². The van der Waals surface area contributed by atoms with Gasteiger partial charge in [0.25, 0.3) is 0 Å². The molecule has 7 heteroatoms. The fourth-order valence-corrected chi connectivity index (χ4v) is 4.21. The van der Waals surface area contributed by atoms with Crippen LogP contribution < -0.4 is 5.32 Å². The number of rotatable bonds is 3. The smallest absolute Gasteiger partial charge is 0.238 e. The first-order valence-electron chi connectivity index (χ1n) is 8.00. The number of hydrogen-bond acceptors (Lipinski definition) is 5. The average molecular weight is 351 g/mol. The monoisotopic (exact) mass is 351 g/mol. The average Bonchev–Trinajstić information content (AvgIpc) is 3.20. The molecule has 3 aromatic rings. The van der Waals surface area contributed by atoms with E-state index in [1.54, 1.807) is 23.5 Å². The number of nitrogens with zero attached hydrogens (tertiary/aromatic N) is 4. The topological polar surface area (TPSA) is 72.7 Å². The van der Waals surface area contributed by atoms with Crippen LogP contribution in [0, 0.1) is 6.92 Å². The number of thioether (sulfide) groups is 1. The molecular formula is C18H17N5OS. The Morgan fingerprint density at radius 1 is 1.28 bits per heavy atom. The number of tetrazole rings is 1. The molecular weight excluding hydrogens is 334 g/mol. The summed E-state index contributed by atoms with van der Waals surface area (Å²) in [5.41, 5.74) is 4.08. The summed E-state index contributed by atoms with van der Waals surface area (Å²) in [5.74, 6) is 0.682. The molecule has 1 amide bonds. The third-order valence-corrected chi connectivity index (χ3v) is 5.50. The molecule has 0 saturated heterocycles. The fourth-order valence-electron chi connectivity index (χ4n) is 2.91. The summed E-state index contributed by atoms with van der Waals surface area (Å²) in [6.07, 6.45) is 0.763. The lowest BCUT2D eigenvalue weighted by Crippen LogP contribution is -2.24. The van der Waals surface area contributed by atoms with Gasteiger partial charge in [0.2, 0.25) is 5.91 Å². The molecule has 1 unspecified atom stereocenters. The molecule has 1 aromatic heterocycles. The molecule has 4 rings (SSSR count). The predicted molar refractivity (Wildman–Crippen MR) is 97.4 cm³/mol. The molecule has 0 aliphatic carbocycles. The van der Waals surface area contributed by atoms with E-state index in [2.05, 4.69) is 46.0 Å². The molecule has 0 spiro atoms. The van der Waals surface area contributed by atoms with Crippen molar-refractivity contribution in [2.75, 3.05) is 5.32 Å². The fraction of sp³-hybridized carbons (Fsp3) is 0.222. The van der Waals surface area contributed by atoms with Crippen LogP contribution >= 0.6 is 11.8 Å². The second-order valence-corrected chi connectivity index (χ2v) is 7.36. The Bertz CT molecular complexity index is 952. The van der Waals surface area contributed by atoms with E-state index in [0.29, 0.717) is 5.82 Å². The SMILES string of the molecule is Cc1ccc2c(c1)SC(C(=O)Nc1cccc(-c3nnnn3C)c1)C2. The van der Waals surface area contributed by atoms with Gasteiger partial charge in [-0.25, -0.2) is 4.68 Å². The number of amides is 1. The molecule has 0 fully saturated rings. The normalized spacial score (nSPS) is 15.8. The van der Waals surface area contributed by atoms with Crippen LogP contribution in [-0.4, -0.2) is 31.4 Å². The number of fused-ring (bicyclic) bond motifs is 1. The highest BCUT2D eigenvalue weighted by Gasteiger charge is 2.28. The third-order valence-electron chi connectivity index (χ3n) is 4.20. The zero-order valence-electron chi connectivity index (χ0n) is 13.9. The molecule has 1 aliphatic rings. The third kappa shape index (κ3) is 3.15. The maximum absolute atomic E-state index is 12.7. The Balaban J connectivity index is 1.50. The number of anilines is 1. The zero-order valence-corrected chi connectivity index (χ0v) is 14.7. The van der Waals surface area contributed by atoms with Crippen molar-refractivity contribution in [2.24, 2.45) is 7.05 Å². The van der Waals surface area contributed by atoms with Crippen LogP contribution in [0.1, 0.15) is 11.1 Å². The molecule has 1 atom stereocenters. The Morgan fingerprint density at radius 2 is 2.16 bits per heavy atom. The molecule has 2 aromatic carbocycles. The Labute approximate surface area is 149 Å². The van der Waals surface area contributed by atoms with Crippen molar-refractivity contribution in [3.05, 3.63) is 53.6 Å². The second kappa shape index (κ2) is 6.33. The second-order valence-electron chi connectivity index (χ2n) is 6.12. The van der Waals surface area contributed by atoms with Crippen molar-refractivity contribution in [2.45, 2.75) is 23.5 Å². The summed E-state index contributed by atoms with van der Waals surface area (Å²) < 4.78 is 1.60. The highest BCUT2D eigenvalue weighted by Crippen LogP contribution is 2.38. The summed E-state index contributed by atoms with van der Waals surface area (Å²) >= 11 is 1.63. The van der Waals surface area contributed by atoms with E-state index >= 15 is 0 Å². The maximum Gasteiger partial charge on any atom is 0.238 e. The molecule has 0 bridgehead atoms. The van der Waals surface area contributed by atoms with Gasteiger partial charge in [0.15, 0.2) is 5.82 Å². The van der Waals surface area contributed by atoms with Crippen molar-refractivity contribution in [3.63, 3.8) is 0 Å². The van der Waals surface area contributed by atoms with Gasteiger partial charge < -0.3 is 5.32 Å². The summed E-state index contributed by atoms with van der Waals surface area (Å²) in [7, 11) is 1.79. The van der Waals surface area contributed by atoms with Crippen LogP contribution in [0.25, 0.3) is 11.4 Å². The van der Waals surface area contributed by atoms with E-state index in [9.17, 15) is 4.79 Å². The van der Waals surface area contributed by atoms with Gasteiger partial charge in [-0.1, -0.05) is 29.8 Å². The van der Waals surface area contributed by atoms with Crippen LogP contribution in [0.2, 0.25) is 0 Å². The summed E-state index contributed by atoms with van der Waals surface area (Å²) in [6.45, 7) is 2.07. The minimum atomic E-state index is -0.100. The van der Waals surface area contributed by atoms with Gasteiger partial charge in [-0.2, -0.15) is 0 Å². The maximum atomic E-state index is 12.7. The lowest BCUT2D eigenvalue weighted by atomic mass is 10.1. The minimum Gasteiger partial charge on any atom is -0.325 e. The van der Waals surface area contributed by atoms with Gasteiger partial charge in [0.05, 0.1) is 5.25 Å². The number of benzene rings is 2. The summed E-state index contributed by atoms with van der Waals surface area (Å²) in [4.78, 5) is 13.9. The number of aryl methyl sites for hydroxylation is 2. The first-order valence-corrected chi connectivity index (χ1v) is 8.88. The molecule has 0 saturated carbocycles. The van der Waals surface area contributed by atoms with Crippen LogP contribution in [0.5, 0.6) is 0 Å². The van der Waals surface area contributed by atoms with E-state index in [-0.39, 0.29) is 11.2 Å². The summed E-state index contributed by atoms with van der Waals surface area (Å²) in [6, 6.07) is 13.9. The van der Waals surface area contributed by atoms with Crippen molar-refractivity contribution >= 4 is 23.4 Å².